The van der Waals surface area contributed by atoms with Gasteiger partial charge >= 0.3 is 18.6 Å². The third-order valence-corrected chi connectivity index (χ3v) is 3.39. The number of carbonyl (C=O) groups excluding carboxylic acids is 1. The van der Waals surface area contributed by atoms with Crippen molar-refractivity contribution in [3.63, 3.8) is 0 Å². The maximum atomic E-state index is 12.8. The third kappa shape index (κ3) is 4.21. The Balaban J connectivity index is 3.19. The first-order valence-corrected chi connectivity index (χ1v) is 6.63. The number of hydrogen-bond acceptors (Lipinski definition) is 5. The lowest BCUT2D eigenvalue weighted by molar-refractivity contribution is -0.254. The first-order chi connectivity index (χ1) is 9.60. The summed E-state index contributed by atoms with van der Waals surface area (Å²) in [6.07, 6.45) is -10.4. The smallest absolute Gasteiger partial charge is 0.452 e. The van der Waals surface area contributed by atoms with Gasteiger partial charge in [0.15, 0.2) is 0 Å². The molecule has 118 valence electrons. The van der Waals surface area contributed by atoms with Gasteiger partial charge in [-0.1, -0.05) is 12.1 Å². The van der Waals surface area contributed by atoms with Gasteiger partial charge in [-0.05, 0) is 12.1 Å². The molecule has 0 aliphatic rings. The topological polar surface area (TPSA) is 81.7 Å². The molecule has 0 spiro atoms. The van der Waals surface area contributed by atoms with Crippen LogP contribution >= 0.6 is 0 Å². The van der Waals surface area contributed by atoms with E-state index in [1.807, 2.05) is 0 Å². The number of alkyl halides is 4. The SMILES string of the molecule is COC(=O)NS(=O)(=O)c1ccccc1OC(F)(F)C(F)F. The molecule has 1 aromatic carbocycles. The summed E-state index contributed by atoms with van der Waals surface area (Å²) in [7, 11) is -3.75. The molecule has 1 amide bonds. The van der Waals surface area contributed by atoms with Gasteiger partial charge in [0.05, 0.1) is 7.11 Å². The highest BCUT2D eigenvalue weighted by Gasteiger charge is 2.45. The van der Waals surface area contributed by atoms with Crippen LogP contribution in [0.25, 0.3) is 0 Å². The van der Waals surface area contributed by atoms with Crippen LogP contribution in [-0.2, 0) is 14.8 Å². The van der Waals surface area contributed by atoms with Crippen molar-refractivity contribution < 1.29 is 40.2 Å². The average Bonchev–Trinajstić information content (AvgIpc) is 2.37. The average molecular weight is 331 g/mol. The Hall–Kier alpha value is -2.04. The Morgan fingerprint density at radius 2 is 1.86 bits per heavy atom. The molecule has 0 fully saturated rings. The quantitative estimate of drug-likeness (QED) is 0.834. The maximum Gasteiger partial charge on any atom is 0.461 e. The minimum atomic E-state index is -4.89. The summed E-state index contributed by atoms with van der Waals surface area (Å²) in [4.78, 5) is 9.96. The minimum Gasteiger partial charge on any atom is -0.452 e. The summed E-state index contributed by atoms with van der Waals surface area (Å²) < 4.78 is 82.5. The lowest BCUT2D eigenvalue weighted by Gasteiger charge is -2.18. The highest BCUT2D eigenvalue weighted by Crippen LogP contribution is 2.31. The van der Waals surface area contributed by atoms with Crippen molar-refractivity contribution in [1.82, 2.24) is 4.72 Å². The van der Waals surface area contributed by atoms with Gasteiger partial charge < -0.3 is 9.47 Å². The standard InChI is InChI=1S/C10H9F4NO5S/c1-19-9(16)15-21(17,18)7-5-3-2-4-6(7)20-10(13,14)8(11)12/h2-5,8H,1H3,(H,15,16). The fourth-order valence-corrected chi connectivity index (χ4v) is 2.20. The summed E-state index contributed by atoms with van der Waals surface area (Å²) in [6.45, 7) is 0. The summed E-state index contributed by atoms with van der Waals surface area (Å²) in [5.41, 5.74) is 0. The zero-order valence-corrected chi connectivity index (χ0v) is 11.2. The van der Waals surface area contributed by atoms with Crippen LogP contribution in [0.2, 0.25) is 0 Å². The monoisotopic (exact) mass is 331 g/mol. The van der Waals surface area contributed by atoms with E-state index in [4.69, 9.17) is 0 Å². The molecule has 0 aromatic heterocycles. The van der Waals surface area contributed by atoms with E-state index in [1.165, 1.54) is 4.72 Å². The second kappa shape index (κ2) is 6.16. The number of ether oxygens (including phenoxy) is 2. The lowest BCUT2D eigenvalue weighted by Crippen LogP contribution is -2.35. The Morgan fingerprint density at radius 1 is 1.29 bits per heavy atom. The molecule has 0 unspecified atom stereocenters. The van der Waals surface area contributed by atoms with Crippen LogP contribution in [0.4, 0.5) is 22.4 Å². The van der Waals surface area contributed by atoms with Crippen LogP contribution < -0.4 is 9.46 Å². The van der Waals surface area contributed by atoms with Crippen molar-refractivity contribution >= 4 is 16.1 Å². The van der Waals surface area contributed by atoms with Crippen LogP contribution in [0.3, 0.4) is 0 Å². The van der Waals surface area contributed by atoms with Crippen molar-refractivity contribution in [3.05, 3.63) is 24.3 Å². The number of nitrogens with one attached hydrogen (secondary N) is 1. The van der Waals surface area contributed by atoms with Gasteiger partial charge in [-0.15, -0.1) is 0 Å². The number of para-hydroxylation sites is 1. The van der Waals surface area contributed by atoms with E-state index in [9.17, 15) is 30.8 Å². The Labute approximate surface area is 116 Å². The third-order valence-electron chi connectivity index (χ3n) is 2.04. The number of carbonyl (C=O) groups is 1. The molecule has 0 radical (unpaired) electrons. The van der Waals surface area contributed by atoms with Crippen LogP contribution in [0, 0.1) is 0 Å². The molecular formula is C10H9F4NO5S. The number of methoxy groups -OCH3 is 1. The largest absolute Gasteiger partial charge is 0.461 e. The van der Waals surface area contributed by atoms with E-state index in [2.05, 4.69) is 9.47 Å². The Bertz CT molecular complexity index is 620. The van der Waals surface area contributed by atoms with Crippen molar-refractivity contribution in [2.75, 3.05) is 7.11 Å². The number of benzene rings is 1. The van der Waals surface area contributed by atoms with Crippen LogP contribution in [0.5, 0.6) is 5.75 Å². The summed E-state index contributed by atoms with van der Waals surface area (Å²) >= 11 is 0. The molecule has 0 saturated heterocycles. The normalized spacial score (nSPS) is 12.1. The molecule has 0 heterocycles. The zero-order valence-electron chi connectivity index (χ0n) is 10.3. The van der Waals surface area contributed by atoms with Gasteiger partial charge in [-0.25, -0.2) is 17.9 Å². The van der Waals surface area contributed by atoms with Gasteiger partial charge in [0.2, 0.25) is 0 Å². The van der Waals surface area contributed by atoms with Gasteiger partial charge in [0.25, 0.3) is 10.0 Å². The highest BCUT2D eigenvalue weighted by molar-refractivity contribution is 7.90. The molecule has 11 heteroatoms. The van der Waals surface area contributed by atoms with E-state index in [0.29, 0.717) is 0 Å². The van der Waals surface area contributed by atoms with Crippen molar-refractivity contribution in [1.29, 1.82) is 0 Å². The van der Waals surface area contributed by atoms with Gasteiger partial charge in [-0.2, -0.15) is 17.6 Å². The molecule has 1 rings (SSSR count). The van der Waals surface area contributed by atoms with Gasteiger partial charge in [0, 0.05) is 0 Å². The summed E-state index contributed by atoms with van der Waals surface area (Å²) in [5, 5.41) is 0. The Morgan fingerprint density at radius 3 is 2.38 bits per heavy atom. The first kappa shape index (κ1) is 17.0. The predicted octanol–water partition coefficient (Wildman–Crippen LogP) is 1.97. The second-order valence-corrected chi connectivity index (χ2v) is 5.16. The molecule has 0 atom stereocenters. The molecule has 0 aliphatic heterocycles. The maximum absolute atomic E-state index is 12.8. The van der Waals surface area contributed by atoms with Gasteiger partial charge in [-0.3, -0.25) is 0 Å². The lowest BCUT2D eigenvalue weighted by atomic mass is 10.3. The van der Waals surface area contributed by atoms with Crippen LogP contribution in [0.1, 0.15) is 0 Å². The highest BCUT2D eigenvalue weighted by atomic mass is 32.2. The number of hydrogen-bond donors (Lipinski definition) is 1. The number of halogens is 4. The predicted molar refractivity (Wildman–Crippen MR) is 60.7 cm³/mol. The fraction of sp³-hybridized carbons (Fsp3) is 0.300. The molecule has 21 heavy (non-hydrogen) atoms. The Kier molecular flexibility index (Phi) is 4.99. The van der Waals surface area contributed by atoms with Crippen LogP contribution in [-0.4, -0.2) is 34.2 Å². The van der Waals surface area contributed by atoms with Crippen LogP contribution in [0.15, 0.2) is 29.2 Å². The molecule has 1 aromatic rings. The number of sulfonamides is 1. The molecule has 0 bridgehead atoms. The zero-order chi connectivity index (χ0) is 16.3. The van der Waals surface area contributed by atoms with E-state index in [0.717, 1.165) is 31.4 Å². The first-order valence-electron chi connectivity index (χ1n) is 5.15. The van der Waals surface area contributed by atoms with Crippen molar-refractivity contribution in [2.24, 2.45) is 0 Å². The molecule has 0 aliphatic carbocycles. The molecule has 0 saturated carbocycles. The minimum absolute atomic E-state index is 0.738. The summed E-state index contributed by atoms with van der Waals surface area (Å²) in [5.74, 6) is -1.04. The van der Waals surface area contributed by atoms with E-state index in [-0.39, 0.29) is 0 Å². The number of amides is 1. The van der Waals surface area contributed by atoms with Crippen molar-refractivity contribution in [2.45, 2.75) is 17.4 Å². The van der Waals surface area contributed by atoms with E-state index >= 15 is 0 Å². The fourth-order valence-electron chi connectivity index (χ4n) is 1.15. The van der Waals surface area contributed by atoms with E-state index in [1.54, 1.807) is 0 Å². The number of rotatable bonds is 5. The van der Waals surface area contributed by atoms with Gasteiger partial charge in [0.1, 0.15) is 10.6 Å². The van der Waals surface area contributed by atoms with E-state index < -0.39 is 39.3 Å². The second-order valence-electron chi connectivity index (χ2n) is 3.51. The molecular weight excluding hydrogens is 322 g/mol. The summed E-state index contributed by atoms with van der Waals surface area (Å²) in [6, 6.07) is 3.75. The molecule has 1 N–H and O–H groups in total. The van der Waals surface area contributed by atoms with Crippen molar-refractivity contribution in [3.8, 4) is 5.75 Å². The molecule has 6 nitrogen and oxygen atoms in total.